The number of benzene rings is 1. The van der Waals surface area contributed by atoms with E-state index in [4.69, 9.17) is 22.7 Å². The second-order valence-corrected chi connectivity index (χ2v) is 5.34. The summed E-state index contributed by atoms with van der Waals surface area (Å²) in [6, 6.07) is 8.13. The summed E-state index contributed by atoms with van der Waals surface area (Å²) >= 11 is 4.96. The third-order valence-corrected chi connectivity index (χ3v) is 3.94. The third kappa shape index (κ3) is 2.82. The van der Waals surface area contributed by atoms with E-state index < -0.39 is 0 Å². The number of nitrogens with zero attached hydrogens (tertiary/aromatic N) is 1. The molecule has 0 radical (unpaired) electrons. The predicted molar refractivity (Wildman–Crippen MR) is 79.1 cm³/mol. The van der Waals surface area contributed by atoms with Crippen molar-refractivity contribution >= 4 is 22.9 Å². The molecule has 1 heterocycles. The Morgan fingerprint density at radius 1 is 1.39 bits per heavy atom. The van der Waals surface area contributed by atoms with Crippen molar-refractivity contribution in [3.05, 3.63) is 29.8 Å². The van der Waals surface area contributed by atoms with E-state index in [-0.39, 0.29) is 0 Å². The molecule has 1 aromatic rings. The fourth-order valence-electron chi connectivity index (χ4n) is 2.41. The molecule has 0 bridgehead atoms. The van der Waals surface area contributed by atoms with Crippen LogP contribution >= 0.6 is 12.2 Å². The van der Waals surface area contributed by atoms with Crippen molar-refractivity contribution < 1.29 is 4.74 Å². The number of hydrogen-bond acceptors (Lipinski definition) is 3. The molecule has 1 aliphatic heterocycles. The van der Waals surface area contributed by atoms with Crippen molar-refractivity contribution in [2.75, 3.05) is 25.1 Å². The first-order valence-corrected chi connectivity index (χ1v) is 6.70. The van der Waals surface area contributed by atoms with Crippen LogP contribution in [-0.2, 0) is 4.74 Å². The summed E-state index contributed by atoms with van der Waals surface area (Å²) in [7, 11) is 1.79. The zero-order valence-corrected chi connectivity index (χ0v) is 11.7. The molecular formula is C14H20N2OS. The Balaban J connectivity index is 2.09. The summed E-state index contributed by atoms with van der Waals surface area (Å²) in [5.41, 5.74) is 7.73. The fraction of sp³-hybridized carbons (Fsp3) is 0.500. The summed E-state index contributed by atoms with van der Waals surface area (Å²) in [6.07, 6.45) is 1.48. The number of rotatable bonds is 3. The van der Waals surface area contributed by atoms with Crippen LogP contribution in [0.25, 0.3) is 0 Å². The van der Waals surface area contributed by atoms with Gasteiger partial charge in [-0.05, 0) is 36.6 Å². The molecule has 1 saturated heterocycles. The van der Waals surface area contributed by atoms with Crippen LogP contribution in [0.15, 0.2) is 24.3 Å². The SMILES string of the molecule is COC1CN(c2ccc(C(N)=S)cc2)CCC1C. The maximum absolute atomic E-state index is 5.60. The average Bonchev–Trinajstić information content (AvgIpc) is 2.39. The molecule has 4 heteroatoms. The van der Waals surface area contributed by atoms with Crippen molar-refractivity contribution in [2.45, 2.75) is 19.4 Å². The quantitative estimate of drug-likeness (QED) is 0.849. The van der Waals surface area contributed by atoms with Gasteiger partial charge in [0.2, 0.25) is 0 Å². The number of thiocarbonyl (C=S) groups is 1. The monoisotopic (exact) mass is 264 g/mol. The fourth-order valence-corrected chi connectivity index (χ4v) is 2.55. The van der Waals surface area contributed by atoms with Gasteiger partial charge in [0.05, 0.1) is 6.10 Å². The molecule has 0 spiro atoms. The van der Waals surface area contributed by atoms with E-state index in [1.807, 2.05) is 12.1 Å². The van der Waals surface area contributed by atoms with Gasteiger partial charge in [-0.2, -0.15) is 0 Å². The molecule has 0 aromatic heterocycles. The topological polar surface area (TPSA) is 38.5 Å². The van der Waals surface area contributed by atoms with Gasteiger partial charge in [-0.25, -0.2) is 0 Å². The number of anilines is 1. The Morgan fingerprint density at radius 2 is 2.06 bits per heavy atom. The first-order valence-electron chi connectivity index (χ1n) is 6.29. The highest BCUT2D eigenvalue weighted by atomic mass is 32.1. The second-order valence-electron chi connectivity index (χ2n) is 4.90. The average molecular weight is 264 g/mol. The number of piperidine rings is 1. The van der Waals surface area contributed by atoms with Crippen LogP contribution in [0.1, 0.15) is 18.9 Å². The second kappa shape index (κ2) is 5.67. The molecule has 0 aliphatic carbocycles. The van der Waals surface area contributed by atoms with Crippen LogP contribution < -0.4 is 10.6 Å². The molecule has 0 saturated carbocycles. The molecule has 18 heavy (non-hydrogen) atoms. The highest BCUT2D eigenvalue weighted by Crippen LogP contribution is 2.25. The summed E-state index contributed by atoms with van der Waals surface area (Å²) in [5.74, 6) is 0.627. The van der Waals surface area contributed by atoms with Crippen molar-refractivity contribution in [1.82, 2.24) is 0 Å². The lowest BCUT2D eigenvalue weighted by Gasteiger charge is -2.37. The van der Waals surface area contributed by atoms with E-state index >= 15 is 0 Å². The minimum Gasteiger partial charge on any atom is -0.389 e. The van der Waals surface area contributed by atoms with Gasteiger partial charge in [-0.3, -0.25) is 0 Å². The lowest BCUT2D eigenvalue weighted by atomic mass is 9.95. The van der Waals surface area contributed by atoms with Crippen LogP contribution in [0.4, 0.5) is 5.69 Å². The molecule has 2 N–H and O–H groups in total. The van der Waals surface area contributed by atoms with E-state index in [1.165, 1.54) is 5.69 Å². The van der Waals surface area contributed by atoms with Gasteiger partial charge in [-0.1, -0.05) is 19.1 Å². The van der Waals surface area contributed by atoms with E-state index in [2.05, 4.69) is 24.0 Å². The standard InChI is InChI=1S/C14H20N2OS/c1-10-7-8-16(9-13(10)17-2)12-5-3-11(4-6-12)14(15)18/h3-6,10,13H,7-9H2,1-2H3,(H2,15,18). The molecule has 1 aliphatic rings. The van der Waals surface area contributed by atoms with Crippen molar-refractivity contribution in [3.63, 3.8) is 0 Å². The Morgan fingerprint density at radius 3 is 2.61 bits per heavy atom. The smallest absolute Gasteiger partial charge is 0.103 e. The van der Waals surface area contributed by atoms with Gasteiger partial charge < -0.3 is 15.4 Å². The minimum absolute atomic E-state index is 0.314. The Kier molecular flexibility index (Phi) is 4.19. The molecule has 98 valence electrons. The van der Waals surface area contributed by atoms with Crippen LogP contribution in [-0.4, -0.2) is 31.3 Å². The number of hydrogen-bond donors (Lipinski definition) is 1. The normalized spacial score (nSPS) is 24.0. The number of methoxy groups -OCH3 is 1. The van der Waals surface area contributed by atoms with Gasteiger partial charge in [0.25, 0.3) is 0 Å². The van der Waals surface area contributed by atoms with Crippen LogP contribution in [0.2, 0.25) is 0 Å². The van der Waals surface area contributed by atoms with E-state index in [0.717, 1.165) is 25.1 Å². The first-order chi connectivity index (χ1) is 8.61. The summed E-state index contributed by atoms with van der Waals surface area (Å²) in [4.78, 5) is 2.81. The van der Waals surface area contributed by atoms with Crippen molar-refractivity contribution in [3.8, 4) is 0 Å². The van der Waals surface area contributed by atoms with Gasteiger partial charge in [-0.15, -0.1) is 0 Å². The molecule has 2 rings (SSSR count). The van der Waals surface area contributed by atoms with Crippen molar-refractivity contribution in [2.24, 2.45) is 11.7 Å². The lowest BCUT2D eigenvalue weighted by molar-refractivity contribution is 0.0498. The minimum atomic E-state index is 0.314. The zero-order chi connectivity index (χ0) is 13.1. The molecule has 2 unspecified atom stereocenters. The van der Waals surface area contributed by atoms with Crippen LogP contribution in [0.5, 0.6) is 0 Å². The highest BCUT2D eigenvalue weighted by Gasteiger charge is 2.25. The third-order valence-electron chi connectivity index (χ3n) is 3.71. The molecule has 2 atom stereocenters. The summed E-state index contributed by atoms with van der Waals surface area (Å²) < 4.78 is 5.53. The zero-order valence-electron chi connectivity index (χ0n) is 10.9. The molecule has 3 nitrogen and oxygen atoms in total. The van der Waals surface area contributed by atoms with Crippen LogP contribution in [0, 0.1) is 5.92 Å². The molecule has 1 aromatic carbocycles. The maximum atomic E-state index is 5.60. The van der Waals surface area contributed by atoms with Gasteiger partial charge >= 0.3 is 0 Å². The Labute approximate surface area is 114 Å². The molecular weight excluding hydrogens is 244 g/mol. The van der Waals surface area contributed by atoms with Gasteiger partial charge in [0.15, 0.2) is 0 Å². The molecule has 0 amide bonds. The van der Waals surface area contributed by atoms with E-state index in [0.29, 0.717) is 17.0 Å². The highest BCUT2D eigenvalue weighted by molar-refractivity contribution is 7.80. The Hall–Kier alpha value is -1.13. The van der Waals surface area contributed by atoms with E-state index in [1.54, 1.807) is 7.11 Å². The summed E-state index contributed by atoms with van der Waals surface area (Å²) in [5, 5.41) is 0. The lowest BCUT2D eigenvalue weighted by Crippen LogP contribution is -2.43. The Bertz CT molecular complexity index is 418. The number of nitrogens with two attached hydrogens (primary N) is 1. The van der Waals surface area contributed by atoms with Gasteiger partial charge in [0, 0.05) is 31.5 Å². The summed E-state index contributed by atoms with van der Waals surface area (Å²) in [6.45, 7) is 4.28. The van der Waals surface area contributed by atoms with E-state index in [9.17, 15) is 0 Å². The predicted octanol–water partition coefficient (Wildman–Crippen LogP) is 2.18. The number of ether oxygens (including phenoxy) is 1. The largest absolute Gasteiger partial charge is 0.389 e. The maximum Gasteiger partial charge on any atom is 0.103 e. The van der Waals surface area contributed by atoms with Crippen molar-refractivity contribution in [1.29, 1.82) is 0 Å². The first kappa shape index (κ1) is 13.3. The molecule has 1 fully saturated rings. The van der Waals surface area contributed by atoms with Gasteiger partial charge in [0.1, 0.15) is 4.99 Å². The van der Waals surface area contributed by atoms with Crippen LogP contribution in [0.3, 0.4) is 0 Å².